The number of benzene rings is 1. The monoisotopic (exact) mass is 368 g/mol. The third kappa shape index (κ3) is 4.15. The third-order valence-corrected chi connectivity index (χ3v) is 5.21. The van der Waals surface area contributed by atoms with Gasteiger partial charge in [0.1, 0.15) is 12.3 Å². The first-order valence-corrected chi connectivity index (χ1v) is 9.39. The molecule has 27 heavy (non-hydrogen) atoms. The van der Waals surface area contributed by atoms with Crippen LogP contribution in [0.5, 0.6) is 0 Å². The van der Waals surface area contributed by atoms with E-state index in [4.69, 9.17) is 0 Å². The van der Waals surface area contributed by atoms with Gasteiger partial charge < -0.3 is 9.69 Å². The molecule has 1 saturated heterocycles. The van der Waals surface area contributed by atoms with Crippen LogP contribution in [0.4, 0.5) is 0 Å². The summed E-state index contributed by atoms with van der Waals surface area (Å²) in [5.41, 5.74) is 3.73. The van der Waals surface area contributed by atoms with E-state index in [-0.39, 0.29) is 24.1 Å². The van der Waals surface area contributed by atoms with E-state index >= 15 is 0 Å². The Balaban J connectivity index is 1.70. The van der Waals surface area contributed by atoms with Gasteiger partial charge in [-0.25, -0.2) is 0 Å². The average Bonchev–Trinajstić information content (AvgIpc) is 2.97. The zero-order valence-electron chi connectivity index (χ0n) is 15.5. The smallest absolute Gasteiger partial charge is 0.255 e. The first kappa shape index (κ1) is 19.0. The van der Waals surface area contributed by atoms with Crippen molar-refractivity contribution in [3.8, 4) is 0 Å². The van der Waals surface area contributed by atoms with Crippen molar-refractivity contribution in [1.82, 2.24) is 10.2 Å². The molecule has 3 rings (SSSR count). The zero-order chi connectivity index (χ0) is 19.4. The Morgan fingerprint density at radius 2 is 2.00 bits per heavy atom. The van der Waals surface area contributed by atoms with Gasteiger partial charge in [0.15, 0.2) is 0 Å². The standard InChI is InChI=1S/C21H24N2O4/c1-14(6-4-2-3-5-11-24)15-7-8-17-16(12-15)13-23(21(17)27)18-9-10-19(25)22-20(18)26/h6-8,11-12,18H,2-5,9-10,13H2,1H3,(H,22,25,26)/b14-6+. The van der Waals surface area contributed by atoms with Crippen LogP contribution in [0, 0.1) is 0 Å². The predicted molar refractivity (Wildman–Crippen MR) is 101 cm³/mol. The second kappa shape index (κ2) is 8.29. The van der Waals surface area contributed by atoms with Crippen molar-refractivity contribution in [2.75, 3.05) is 0 Å². The van der Waals surface area contributed by atoms with Gasteiger partial charge in [-0.2, -0.15) is 0 Å². The van der Waals surface area contributed by atoms with E-state index in [0.29, 0.717) is 24.9 Å². The molecule has 1 fully saturated rings. The van der Waals surface area contributed by atoms with E-state index in [1.54, 1.807) is 4.90 Å². The van der Waals surface area contributed by atoms with E-state index < -0.39 is 6.04 Å². The highest BCUT2D eigenvalue weighted by Crippen LogP contribution is 2.30. The van der Waals surface area contributed by atoms with Crippen molar-refractivity contribution in [1.29, 1.82) is 0 Å². The lowest BCUT2D eigenvalue weighted by atomic mass is 10.00. The van der Waals surface area contributed by atoms with Gasteiger partial charge in [-0.15, -0.1) is 0 Å². The second-order valence-corrected chi connectivity index (χ2v) is 7.11. The maximum atomic E-state index is 12.7. The van der Waals surface area contributed by atoms with Gasteiger partial charge in [0.2, 0.25) is 11.8 Å². The second-order valence-electron chi connectivity index (χ2n) is 7.11. The first-order valence-electron chi connectivity index (χ1n) is 9.39. The molecule has 0 aromatic heterocycles. The molecule has 6 nitrogen and oxygen atoms in total. The average molecular weight is 368 g/mol. The lowest BCUT2D eigenvalue weighted by Gasteiger charge is -2.29. The quantitative estimate of drug-likeness (QED) is 0.456. The zero-order valence-corrected chi connectivity index (χ0v) is 15.5. The summed E-state index contributed by atoms with van der Waals surface area (Å²) in [6.07, 6.45) is 7.12. The maximum Gasteiger partial charge on any atom is 0.255 e. The summed E-state index contributed by atoms with van der Waals surface area (Å²) in [5, 5.41) is 2.32. The Morgan fingerprint density at radius 1 is 1.22 bits per heavy atom. The number of nitrogens with zero attached hydrogens (tertiary/aromatic N) is 1. The molecule has 1 aromatic carbocycles. The van der Waals surface area contributed by atoms with Crippen LogP contribution in [0.3, 0.4) is 0 Å². The van der Waals surface area contributed by atoms with Crippen molar-refractivity contribution in [2.45, 2.75) is 58.0 Å². The molecular formula is C21H24N2O4. The SMILES string of the molecule is C/C(=C\CCCCC=O)c1ccc2c(c1)CN(C1CCC(=O)NC1=O)C2=O. The number of hydrogen-bond donors (Lipinski definition) is 1. The van der Waals surface area contributed by atoms with E-state index in [2.05, 4.69) is 11.4 Å². The Morgan fingerprint density at radius 3 is 2.74 bits per heavy atom. The van der Waals surface area contributed by atoms with Crippen molar-refractivity contribution >= 4 is 29.6 Å². The molecule has 2 aliphatic heterocycles. The topological polar surface area (TPSA) is 83.6 Å². The lowest BCUT2D eigenvalue weighted by molar-refractivity contribution is -0.136. The molecular weight excluding hydrogens is 344 g/mol. The van der Waals surface area contributed by atoms with E-state index in [1.807, 2.05) is 25.1 Å². The molecule has 0 aliphatic carbocycles. The highest BCUT2D eigenvalue weighted by Gasteiger charge is 2.39. The van der Waals surface area contributed by atoms with Crippen LogP contribution in [-0.4, -0.2) is 34.9 Å². The van der Waals surface area contributed by atoms with Crippen LogP contribution < -0.4 is 5.32 Å². The normalized spacial score (nSPS) is 19.9. The summed E-state index contributed by atoms with van der Waals surface area (Å²) < 4.78 is 0. The van der Waals surface area contributed by atoms with Crippen LogP contribution >= 0.6 is 0 Å². The number of fused-ring (bicyclic) bond motifs is 1. The Kier molecular flexibility index (Phi) is 5.84. The fourth-order valence-electron chi connectivity index (χ4n) is 3.63. The summed E-state index contributed by atoms with van der Waals surface area (Å²) in [5.74, 6) is -0.822. The van der Waals surface area contributed by atoms with Gasteiger partial charge in [-0.1, -0.05) is 12.1 Å². The molecule has 2 heterocycles. The Labute approximate surface area is 158 Å². The van der Waals surface area contributed by atoms with Gasteiger partial charge in [0.25, 0.3) is 5.91 Å². The number of nitrogens with one attached hydrogen (secondary N) is 1. The minimum atomic E-state index is -0.583. The van der Waals surface area contributed by atoms with Gasteiger partial charge >= 0.3 is 0 Å². The molecule has 6 heteroatoms. The number of amides is 3. The molecule has 1 aromatic rings. The number of unbranched alkanes of at least 4 members (excludes halogenated alkanes) is 3. The van der Waals surface area contributed by atoms with Crippen LogP contribution in [0.15, 0.2) is 24.3 Å². The Hall–Kier alpha value is -2.76. The van der Waals surface area contributed by atoms with Gasteiger partial charge in [0.05, 0.1) is 0 Å². The number of allylic oxidation sites excluding steroid dienone is 2. The lowest BCUT2D eigenvalue weighted by Crippen LogP contribution is -2.52. The first-order chi connectivity index (χ1) is 13.0. The van der Waals surface area contributed by atoms with Crippen molar-refractivity contribution in [2.24, 2.45) is 0 Å². The summed E-state index contributed by atoms with van der Waals surface area (Å²) >= 11 is 0. The minimum absolute atomic E-state index is 0.151. The minimum Gasteiger partial charge on any atom is -0.322 e. The van der Waals surface area contributed by atoms with Crippen molar-refractivity contribution in [3.63, 3.8) is 0 Å². The fraction of sp³-hybridized carbons (Fsp3) is 0.429. The number of rotatable bonds is 7. The molecule has 0 radical (unpaired) electrons. The summed E-state index contributed by atoms with van der Waals surface area (Å²) in [4.78, 5) is 48.0. The van der Waals surface area contributed by atoms with Crippen molar-refractivity contribution in [3.05, 3.63) is 41.0 Å². The number of hydrogen-bond acceptors (Lipinski definition) is 4. The van der Waals surface area contributed by atoms with Gasteiger partial charge in [0, 0.05) is 24.9 Å². The highest BCUT2D eigenvalue weighted by atomic mass is 16.2. The van der Waals surface area contributed by atoms with Crippen LogP contribution in [0.1, 0.15) is 66.9 Å². The number of carbonyl (C=O) groups excluding carboxylic acids is 4. The van der Waals surface area contributed by atoms with Crippen molar-refractivity contribution < 1.29 is 19.2 Å². The molecule has 0 bridgehead atoms. The van der Waals surface area contributed by atoms with E-state index in [1.165, 1.54) is 0 Å². The number of imide groups is 1. The fourth-order valence-corrected chi connectivity index (χ4v) is 3.63. The van der Waals surface area contributed by atoms with Crippen LogP contribution in [0.25, 0.3) is 5.57 Å². The summed E-state index contributed by atoms with van der Waals surface area (Å²) in [6, 6.07) is 5.18. The molecule has 1 atom stereocenters. The molecule has 2 aliphatic rings. The third-order valence-electron chi connectivity index (χ3n) is 5.21. The molecule has 1 unspecified atom stereocenters. The number of piperidine rings is 1. The summed E-state index contributed by atoms with van der Waals surface area (Å²) in [7, 11) is 0. The van der Waals surface area contributed by atoms with Gasteiger partial charge in [-0.05, 0) is 61.4 Å². The number of carbonyl (C=O) groups is 4. The predicted octanol–water partition coefficient (Wildman–Crippen LogP) is 2.61. The molecule has 3 amide bonds. The van der Waals surface area contributed by atoms with Crippen LogP contribution in [-0.2, 0) is 20.9 Å². The Bertz CT molecular complexity index is 812. The maximum absolute atomic E-state index is 12.7. The molecule has 1 N–H and O–H groups in total. The number of aldehydes is 1. The van der Waals surface area contributed by atoms with Crippen LogP contribution in [0.2, 0.25) is 0 Å². The molecule has 142 valence electrons. The molecule has 0 saturated carbocycles. The van der Waals surface area contributed by atoms with Gasteiger partial charge in [-0.3, -0.25) is 19.7 Å². The largest absolute Gasteiger partial charge is 0.322 e. The molecule has 0 spiro atoms. The summed E-state index contributed by atoms with van der Waals surface area (Å²) in [6.45, 7) is 2.43. The van der Waals surface area contributed by atoms with E-state index in [9.17, 15) is 19.2 Å². The highest BCUT2D eigenvalue weighted by molar-refractivity contribution is 6.05. The van der Waals surface area contributed by atoms with E-state index in [0.717, 1.165) is 42.2 Å².